The molecule has 0 aliphatic carbocycles. The van der Waals surface area contributed by atoms with Gasteiger partial charge in [-0.1, -0.05) is 13.3 Å². The molecular formula is C17H28N2O4S2. The zero-order chi connectivity index (χ0) is 18.6. The maximum absolute atomic E-state index is 12.5. The molecule has 2 rings (SSSR count). The Morgan fingerprint density at radius 2 is 2.00 bits per heavy atom. The summed E-state index contributed by atoms with van der Waals surface area (Å²) in [4.78, 5) is 14.0. The van der Waals surface area contributed by atoms with E-state index in [2.05, 4.69) is 12.2 Å². The fraction of sp³-hybridized carbons (Fsp3) is 0.706. The minimum atomic E-state index is -3.40. The van der Waals surface area contributed by atoms with Crippen molar-refractivity contribution in [3.05, 3.63) is 21.4 Å². The number of rotatable bonds is 7. The molecule has 1 aliphatic heterocycles. The van der Waals surface area contributed by atoms with E-state index in [1.807, 2.05) is 26.8 Å². The zero-order valence-corrected chi connectivity index (χ0v) is 17.0. The van der Waals surface area contributed by atoms with Crippen LogP contribution in [0.5, 0.6) is 0 Å². The fourth-order valence-corrected chi connectivity index (χ4v) is 5.50. The topological polar surface area (TPSA) is 75.7 Å². The lowest BCUT2D eigenvalue weighted by molar-refractivity contribution is -0.0440. The average molecular weight is 389 g/mol. The number of nitrogens with one attached hydrogen (secondary N) is 1. The van der Waals surface area contributed by atoms with E-state index < -0.39 is 10.0 Å². The number of hydrogen-bond acceptors (Lipinski definition) is 5. The van der Waals surface area contributed by atoms with Crippen LogP contribution in [0.15, 0.2) is 6.07 Å². The van der Waals surface area contributed by atoms with Gasteiger partial charge in [-0.05, 0) is 38.8 Å². The Morgan fingerprint density at radius 3 is 2.60 bits per heavy atom. The Morgan fingerprint density at radius 1 is 1.36 bits per heavy atom. The molecule has 2 heterocycles. The minimum Gasteiger partial charge on any atom is -0.373 e. The van der Waals surface area contributed by atoms with Gasteiger partial charge in [-0.25, -0.2) is 8.42 Å². The van der Waals surface area contributed by atoms with Crippen molar-refractivity contribution < 1.29 is 17.9 Å². The summed E-state index contributed by atoms with van der Waals surface area (Å²) in [5.41, 5.74) is 1.20. The fourth-order valence-electron chi connectivity index (χ4n) is 3.02. The van der Waals surface area contributed by atoms with Crippen LogP contribution in [0.25, 0.3) is 0 Å². The molecule has 25 heavy (non-hydrogen) atoms. The molecule has 1 fully saturated rings. The van der Waals surface area contributed by atoms with Gasteiger partial charge in [0.25, 0.3) is 5.91 Å². The summed E-state index contributed by atoms with van der Waals surface area (Å²) < 4.78 is 32.0. The van der Waals surface area contributed by atoms with Crippen LogP contribution in [-0.2, 0) is 21.2 Å². The number of thiophene rings is 1. The second-order valence-corrected chi connectivity index (χ2v) is 9.93. The summed E-state index contributed by atoms with van der Waals surface area (Å²) in [5.74, 6) is -0.293. The number of ether oxygens (including phenoxy) is 1. The van der Waals surface area contributed by atoms with Gasteiger partial charge >= 0.3 is 0 Å². The van der Waals surface area contributed by atoms with Gasteiger partial charge in [0.05, 0.1) is 22.8 Å². The van der Waals surface area contributed by atoms with Crippen LogP contribution in [0.1, 0.15) is 47.3 Å². The lowest BCUT2D eigenvalue weighted by atomic mass is 10.1. The highest BCUT2D eigenvalue weighted by Gasteiger charge is 2.30. The third-order valence-electron chi connectivity index (χ3n) is 4.19. The number of morpholine rings is 1. The van der Waals surface area contributed by atoms with Crippen molar-refractivity contribution in [1.29, 1.82) is 0 Å². The van der Waals surface area contributed by atoms with Crippen LogP contribution in [-0.4, -0.2) is 56.2 Å². The van der Waals surface area contributed by atoms with Crippen molar-refractivity contribution >= 4 is 27.3 Å². The average Bonchev–Trinajstić information content (AvgIpc) is 2.88. The van der Waals surface area contributed by atoms with E-state index in [9.17, 15) is 13.2 Å². The number of aryl methyl sites for hydroxylation is 2. The highest BCUT2D eigenvalue weighted by molar-refractivity contribution is 7.89. The van der Waals surface area contributed by atoms with E-state index in [0.717, 1.165) is 17.7 Å². The Labute approximate surface area is 154 Å². The molecule has 0 aromatic carbocycles. The molecule has 1 aliphatic rings. The van der Waals surface area contributed by atoms with E-state index in [1.54, 1.807) is 0 Å². The molecule has 1 amide bonds. The summed E-state index contributed by atoms with van der Waals surface area (Å²) in [6, 6.07) is 1.92. The molecule has 1 N–H and O–H groups in total. The molecule has 2 unspecified atom stereocenters. The van der Waals surface area contributed by atoms with Gasteiger partial charge in [0.1, 0.15) is 0 Å². The first-order valence-corrected chi connectivity index (χ1v) is 11.2. The molecule has 2 atom stereocenters. The maximum Gasteiger partial charge on any atom is 0.261 e. The van der Waals surface area contributed by atoms with E-state index in [4.69, 9.17) is 4.74 Å². The quantitative estimate of drug-likeness (QED) is 0.777. The standard InChI is InChI=1S/C17H28N2O4S2/c1-5-6-15-9-16(24-14(15)4)17(20)18-7-8-25(21,22)19-10-12(2)23-13(3)11-19/h9,12-13H,5-8,10-11H2,1-4H3,(H,18,20). The maximum atomic E-state index is 12.5. The molecule has 8 heteroatoms. The molecule has 142 valence electrons. The van der Waals surface area contributed by atoms with Crippen LogP contribution < -0.4 is 5.32 Å². The van der Waals surface area contributed by atoms with Crippen molar-refractivity contribution in [2.45, 2.75) is 52.7 Å². The largest absolute Gasteiger partial charge is 0.373 e. The van der Waals surface area contributed by atoms with Crippen LogP contribution in [0.3, 0.4) is 0 Å². The first kappa shape index (κ1) is 20.4. The van der Waals surface area contributed by atoms with Gasteiger partial charge in [-0.15, -0.1) is 11.3 Å². The van der Waals surface area contributed by atoms with Crippen molar-refractivity contribution in [2.24, 2.45) is 0 Å². The molecule has 0 bridgehead atoms. The lowest BCUT2D eigenvalue weighted by Gasteiger charge is -2.34. The second-order valence-electron chi connectivity index (χ2n) is 6.59. The van der Waals surface area contributed by atoms with E-state index >= 15 is 0 Å². The number of carbonyl (C=O) groups excluding carboxylic acids is 1. The van der Waals surface area contributed by atoms with Crippen LogP contribution in [0, 0.1) is 6.92 Å². The van der Waals surface area contributed by atoms with Crippen LogP contribution >= 0.6 is 11.3 Å². The SMILES string of the molecule is CCCc1cc(C(=O)NCCS(=O)(=O)N2CC(C)OC(C)C2)sc1C. The zero-order valence-electron chi connectivity index (χ0n) is 15.4. The molecule has 1 aromatic heterocycles. The summed E-state index contributed by atoms with van der Waals surface area (Å²) >= 11 is 1.46. The summed E-state index contributed by atoms with van der Waals surface area (Å²) in [5, 5.41) is 2.73. The first-order chi connectivity index (χ1) is 11.7. The lowest BCUT2D eigenvalue weighted by Crippen LogP contribution is -2.49. The molecular weight excluding hydrogens is 360 g/mol. The van der Waals surface area contributed by atoms with Crippen molar-refractivity contribution in [1.82, 2.24) is 9.62 Å². The van der Waals surface area contributed by atoms with Gasteiger partial charge in [-0.3, -0.25) is 4.79 Å². The van der Waals surface area contributed by atoms with Crippen molar-refractivity contribution in [2.75, 3.05) is 25.4 Å². The van der Waals surface area contributed by atoms with Crippen molar-refractivity contribution in [3.8, 4) is 0 Å². The number of hydrogen-bond donors (Lipinski definition) is 1. The molecule has 0 spiro atoms. The van der Waals surface area contributed by atoms with Crippen molar-refractivity contribution in [3.63, 3.8) is 0 Å². The van der Waals surface area contributed by atoms with Gasteiger partial charge < -0.3 is 10.1 Å². The predicted octanol–water partition coefficient (Wildman–Crippen LogP) is 2.18. The number of carbonyl (C=O) groups is 1. The highest BCUT2D eigenvalue weighted by atomic mass is 32.2. The van der Waals surface area contributed by atoms with Gasteiger partial charge in [0.15, 0.2) is 0 Å². The predicted molar refractivity (Wildman–Crippen MR) is 101 cm³/mol. The van der Waals surface area contributed by atoms with Crippen LogP contribution in [0.4, 0.5) is 0 Å². The molecule has 0 radical (unpaired) electrons. The van der Waals surface area contributed by atoms with E-state index in [-0.39, 0.29) is 30.4 Å². The van der Waals surface area contributed by atoms with Crippen LogP contribution in [0.2, 0.25) is 0 Å². The third kappa shape index (κ3) is 5.51. The Bertz CT molecular complexity index is 690. The molecule has 0 saturated carbocycles. The van der Waals surface area contributed by atoms with Gasteiger partial charge in [-0.2, -0.15) is 4.31 Å². The molecule has 6 nitrogen and oxygen atoms in total. The Balaban J connectivity index is 1.88. The molecule has 1 saturated heterocycles. The number of amides is 1. The Hall–Kier alpha value is -0.960. The highest BCUT2D eigenvalue weighted by Crippen LogP contribution is 2.22. The summed E-state index contributed by atoms with van der Waals surface area (Å²) in [6.07, 6.45) is 1.77. The smallest absolute Gasteiger partial charge is 0.261 e. The van der Waals surface area contributed by atoms with E-state index in [0.29, 0.717) is 18.0 Å². The number of nitrogens with zero attached hydrogens (tertiary/aromatic N) is 1. The van der Waals surface area contributed by atoms with Gasteiger partial charge in [0, 0.05) is 24.5 Å². The normalized spacial score (nSPS) is 22.1. The summed E-state index contributed by atoms with van der Waals surface area (Å²) in [7, 11) is -3.40. The second kappa shape index (κ2) is 8.62. The minimum absolute atomic E-state index is 0.0929. The third-order valence-corrected chi connectivity index (χ3v) is 7.09. The monoisotopic (exact) mass is 388 g/mol. The van der Waals surface area contributed by atoms with Gasteiger partial charge in [0.2, 0.25) is 10.0 Å². The van der Waals surface area contributed by atoms with E-state index in [1.165, 1.54) is 21.2 Å². The first-order valence-electron chi connectivity index (χ1n) is 8.73. The Kier molecular flexibility index (Phi) is 7.01. The summed E-state index contributed by atoms with van der Waals surface area (Å²) in [6.45, 7) is 8.70. The molecule has 1 aromatic rings. The number of sulfonamides is 1.